The first-order valence-corrected chi connectivity index (χ1v) is 6.30. The molecule has 0 atom stereocenters. The van der Waals surface area contributed by atoms with Gasteiger partial charge in [-0.25, -0.2) is 4.98 Å². The highest BCUT2D eigenvalue weighted by atomic mass is 16.4. The van der Waals surface area contributed by atoms with E-state index in [0.29, 0.717) is 28.3 Å². The molecular formula is C15H11NO3. The summed E-state index contributed by atoms with van der Waals surface area (Å²) in [7, 11) is 0. The van der Waals surface area contributed by atoms with Gasteiger partial charge in [0.05, 0.1) is 6.26 Å². The zero-order valence-electron chi connectivity index (χ0n) is 10.1. The van der Waals surface area contributed by atoms with Crippen molar-refractivity contribution in [3.63, 3.8) is 0 Å². The van der Waals surface area contributed by atoms with Gasteiger partial charge in [0.25, 0.3) is 5.89 Å². The molecule has 0 radical (unpaired) electrons. The Morgan fingerprint density at radius 3 is 2.89 bits per heavy atom. The number of benzene rings is 1. The average Bonchev–Trinajstić information content (AvgIpc) is 2.98. The van der Waals surface area contributed by atoms with Crippen molar-refractivity contribution in [1.82, 2.24) is 4.98 Å². The van der Waals surface area contributed by atoms with Crippen LogP contribution < -0.4 is 0 Å². The lowest BCUT2D eigenvalue weighted by Crippen LogP contribution is -2.00. The number of aromatic nitrogens is 1. The first kappa shape index (κ1) is 10.6. The predicted molar refractivity (Wildman–Crippen MR) is 68.8 cm³/mol. The van der Waals surface area contributed by atoms with Crippen LogP contribution in [0.4, 0.5) is 0 Å². The van der Waals surface area contributed by atoms with E-state index in [1.807, 2.05) is 0 Å². The van der Waals surface area contributed by atoms with Gasteiger partial charge in [-0.3, -0.25) is 4.79 Å². The fourth-order valence-corrected chi connectivity index (χ4v) is 2.17. The lowest BCUT2D eigenvalue weighted by atomic mass is 10.1. The number of carbonyl (C=O) groups excluding carboxylic acids is 1. The summed E-state index contributed by atoms with van der Waals surface area (Å²) in [5.74, 6) is 1.46. The fourth-order valence-electron chi connectivity index (χ4n) is 2.17. The molecule has 19 heavy (non-hydrogen) atoms. The third-order valence-corrected chi connectivity index (χ3v) is 3.35. The number of rotatable bonds is 3. The Morgan fingerprint density at radius 1 is 1.26 bits per heavy atom. The Balaban J connectivity index is 1.79. The van der Waals surface area contributed by atoms with Crippen molar-refractivity contribution in [3.8, 4) is 11.7 Å². The van der Waals surface area contributed by atoms with Gasteiger partial charge in [-0.1, -0.05) is 0 Å². The number of furan rings is 1. The van der Waals surface area contributed by atoms with Crippen LogP contribution in [0.1, 0.15) is 23.2 Å². The van der Waals surface area contributed by atoms with E-state index in [0.717, 1.165) is 12.8 Å². The van der Waals surface area contributed by atoms with Crippen LogP contribution in [0, 0.1) is 5.92 Å². The molecule has 4 rings (SSSR count). The van der Waals surface area contributed by atoms with E-state index in [9.17, 15) is 4.79 Å². The molecule has 0 aliphatic heterocycles. The second kappa shape index (κ2) is 3.82. The van der Waals surface area contributed by atoms with Gasteiger partial charge in [-0.15, -0.1) is 0 Å². The number of nitrogens with zero attached hydrogens (tertiary/aromatic N) is 1. The van der Waals surface area contributed by atoms with E-state index in [1.54, 1.807) is 36.6 Å². The Kier molecular flexibility index (Phi) is 2.12. The summed E-state index contributed by atoms with van der Waals surface area (Å²) < 4.78 is 10.9. The smallest absolute Gasteiger partial charge is 0.263 e. The zero-order valence-corrected chi connectivity index (χ0v) is 10.1. The molecule has 1 aliphatic carbocycles. The average molecular weight is 253 g/mol. The Hall–Kier alpha value is -2.36. The molecule has 0 spiro atoms. The molecule has 1 aromatic carbocycles. The van der Waals surface area contributed by atoms with Crippen molar-refractivity contribution in [3.05, 3.63) is 42.2 Å². The van der Waals surface area contributed by atoms with Crippen LogP contribution in [0.5, 0.6) is 0 Å². The summed E-state index contributed by atoms with van der Waals surface area (Å²) in [6.45, 7) is 0. The van der Waals surface area contributed by atoms with Crippen LogP contribution in [-0.2, 0) is 0 Å². The Bertz CT molecular complexity index is 751. The van der Waals surface area contributed by atoms with Crippen molar-refractivity contribution in [2.45, 2.75) is 12.8 Å². The molecule has 1 aliphatic rings. The number of hydrogen-bond donors (Lipinski definition) is 0. The molecule has 1 fully saturated rings. The number of carbonyl (C=O) groups is 1. The third kappa shape index (κ3) is 1.76. The van der Waals surface area contributed by atoms with Gasteiger partial charge in [-0.05, 0) is 43.2 Å². The summed E-state index contributed by atoms with van der Waals surface area (Å²) in [5.41, 5.74) is 2.07. The molecule has 0 unspecified atom stereocenters. The molecule has 2 aromatic heterocycles. The first-order chi connectivity index (χ1) is 9.31. The van der Waals surface area contributed by atoms with Crippen molar-refractivity contribution < 1.29 is 13.6 Å². The number of ketones is 1. The molecular weight excluding hydrogens is 242 g/mol. The summed E-state index contributed by atoms with van der Waals surface area (Å²) in [6.07, 6.45) is 3.59. The van der Waals surface area contributed by atoms with Crippen LogP contribution in [-0.4, -0.2) is 10.8 Å². The second-order valence-electron chi connectivity index (χ2n) is 4.82. The second-order valence-corrected chi connectivity index (χ2v) is 4.82. The molecule has 2 heterocycles. The van der Waals surface area contributed by atoms with Crippen molar-refractivity contribution in [2.75, 3.05) is 0 Å². The highest BCUT2D eigenvalue weighted by molar-refractivity contribution is 6.01. The summed E-state index contributed by atoms with van der Waals surface area (Å²) >= 11 is 0. The van der Waals surface area contributed by atoms with Gasteiger partial charge >= 0.3 is 0 Å². The van der Waals surface area contributed by atoms with E-state index < -0.39 is 0 Å². The third-order valence-electron chi connectivity index (χ3n) is 3.35. The molecule has 4 heteroatoms. The number of Topliss-reactive ketones (excluding diaryl/α,β-unsaturated/α-hetero) is 1. The van der Waals surface area contributed by atoms with Crippen molar-refractivity contribution in [2.24, 2.45) is 5.92 Å². The van der Waals surface area contributed by atoms with Crippen LogP contribution in [0.3, 0.4) is 0 Å². The molecule has 0 N–H and O–H groups in total. The van der Waals surface area contributed by atoms with Crippen molar-refractivity contribution in [1.29, 1.82) is 0 Å². The largest absolute Gasteiger partial charge is 0.459 e. The number of oxazole rings is 1. The minimum absolute atomic E-state index is 0.212. The van der Waals surface area contributed by atoms with Gasteiger partial charge in [-0.2, -0.15) is 0 Å². The lowest BCUT2D eigenvalue weighted by molar-refractivity contribution is 0.0968. The monoisotopic (exact) mass is 253 g/mol. The van der Waals surface area contributed by atoms with Gasteiger partial charge < -0.3 is 8.83 Å². The van der Waals surface area contributed by atoms with E-state index in [4.69, 9.17) is 8.83 Å². The summed E-state index contributed by atoms with van der Waals surface area (Å²) in [4.78, 5) is 16.4. The number of fused-ring (bicyclic) bond motifs is 1. The molecule has 94 valence electrons. The molecule has 4 nitrogen and oxygen atoms in total. The maximum Gasteiger partial charge on any atom is 0.263 e. The quantitative estimate of drug-likeness (QED) is 0.668. The minimum Gasteiger partial charge on any atom is -0.459 e. The maximum absolute atomic E-state index is 12.0. The number of hydrogen-bond acceptors (Lipinski definition) is 4. The van der Waals surface area contributed by atoms with Crippen LogP contribution in [0.25, 0.3) is 22.8 Å². The normalized spacial score (nSPS) is 14.9. The zero-order chi connectivity index (χ0) is 12.8. The minimum atomic E-state index is 0.212. The lowest BCUT2D eigenvalue weighted by Gasteiger charge is -1.96. The SMILES string of the molecule is O=C(c1ccc2oc(-c3ccco3)nc2c1)C1CC1. The fraction of sp³-hybridized carbons (Fsp3) is 0.200. The van der Waals surface area contributed by atoms with E-state index in [-0.39, 0.29) is 11.7 Å². The predicted octanol–water partition coefficient (Wildman–Crippen LogP) is 3.68. The van der Waals surface area contributed by atoms with Crippen LogP contribution in [0.2, 0.25) is 0 Å². The molecule has 0 bridgehead atoms. The maximum atomic E-state index is 12.0. The topological polar surface area (TPSA) is 56.2 Å². The summed E-state index contributed by atoms with van der Waals surface area (Å²) in [5, 5.41) is 0. The molecule has 0 saturated heterocycles. The van der Waals surface area contributed by atoms with E-state index in [1.165, 1.54) is 0 Å². The highest BCUT2D eigenvalue weighted by Crippen LogP contribution is 2.33. The summed E-state index contributed by atoms with van der Waals surface area (Å²) in [6, 6.07) is 8.98. The van der Waals surface area contributed by atoms with Gasteiger partial charge in [0, 0.05) is 11.5 Å². The highest BCUT2D eigenvalue weighted by Gasteiger charge is 2.30. The van der Waals surface area contributed by atoms with E-state index >= 15 is 0 Å². The van der Waals surface area contributed by atoms with Crippen LogP contribution in [0.15, 0.2) is 45.4 Å². The van der Waals surface area contributed by atoms with Crippen molar-refractivity contribution >= 4 is 16.9 Å². The molecule has 0 amide bonds. The van der Waals surface area contributed by atoms with E-state index in [2.05, 4.69) is 4.98 Å². The van der Waals surface area contributed by atoms with Gasteiger partial charge in [0.2, 0.25) is 0 Å². The Labute approximate surface area is 109 Å². The Morgan fingerprint density at radius 2 is 2.16 bits per heavy atom. The van der Waals surface area contributed by atoms with Crippen LogP contribution >= 0.6 is 0 Å². The van der Waals surface area contributed by atoms with Gasteiger partial charge in [0.1, 0.15) is 5.52 Å². The first-order valence-electron chi connectivity index (χ1n) is 6.30. The standard InChI is InChI=1S/C15H11NO3/c17-14(9-3-4-9)10-5-6-12-11(8-10)16-15(19-12)13-2-1-7-18-13/h1-2,5-9H,3-4H2. The molecule has 3 aromatic rings. The molecule has 1 saturated carbocycles. The van der Waals surface area contributed by atoms with Gasteiger partial charge in [0.15, 0.2) is 17.1 Å².